The molecule has 0 saturated carbocycles. The van der Waals surface area contributed by atoms with Gasteiger partial charge in [0.25, 0.3) is 0 Å². The first kappa shape index (κ1) is 13.3. The average Bonchev–Trinajstić information content (AvgIpc) is 2.83. The first-order valence-electron chi connectivity index (χ1n) is 7.35. The smallest absolute Gasteiger partial charge is 0.0506 e. The van der Waals surface area contributed by atoms with Crippen molar-refractivity contribution in [1.29, 1.82) is 0 Å². The quantitative estimate of drug-likeness (QED) is 0.765. The molecule has 2 aliphatic rings. The molecule has 17 heavy (non-hydrogen) atoms. The Hall–Kier alpha value is -0.120. The lowest BCUT2D eigenvalue weighted by atomic mass is 10.0. The summed E-state index contributed by atoms with van der Waals surface area (Å²) in [6.45, 7) is 10.5. The van der Waals surface area contributed by atoms with Gasteiger partial charge in [-0.1, -0.05) is 6.92 Å². The van der Waals surface area contributed by atoms with Crippen LogP contribution in [0.4, 0.5) is 0 Å². The standard InChI is InChI=1S/C14H28N2O/c1-13(11-16-6-2-3-7-16)9-15-10-14-5-4-8-17-12-14/h13-15H,2-12H2,1H3. The minimum absolute atomic E-state index is 0.753. The van der Waals surface area contributed by atoms with Crippen molar-refractivity contribution < 1.29 is 4.74 Å². The Kier molecular flexibility index (Phi) is 5.75. The highest BCUT2D eigenvalue weighted by Crippen LogP contribution is 2.13. The molecule has 2 saturated heterocycles. The maximum absolute atomic E-state index is 5.50. The van der Waals surface area contributed by atoms with Crippen LogP contribution in [0, 0.1) is 11.8 Å². The van der Waals surface area contributed by atoms with Crippen LogP contribution >= 0.6 is 0 Å². The molecule has 0 aromatic rings. The van der Waals surface area contributed by atoms with Gasteiger partial charge in [-0.2, -0.15) is 0 Å². The summed E-state index contributed by atoms with van der Waals surface area (Å²) < 4.78 is 5.50. The monoisotopic (exact) mass is 240 g/mol. The zero-order valence-corrected chi connectivity index (χ0v) is 11.3. The van der Waals surface area contributed by atoms with Gasteiger partial charge in [0.1, 0.15) is 0 Å². The molecule has 0 aliphatic carbocycles. The lowest BCUT2D eigenvalue weighted by molar-refractivity contribution is 0.0544. The highest BCUT2D eigenvalue weighted by atomic mass is 16.5. The van der Waals surface area contributed by atoms with E-state index in [1.165, 1.54) is 45.3 Å². The molecule has 0 amide bonds. The van der Waals surface area contributed by atoms with Gasteiger partial charge in [0.2, 0.25) is 0 Å². The van der Waals surface area contributed by atoms with Crippen LogP contribution < -0.4 is 5.32 Å². The average molecular weight is 240 g/mol. The van der Waals surface area contributed by atoms with E-state index in [0.717, 1.165) is 38.1 Å². The van der Waals surface area contributed by atoms with Crippen LogP contribution in [0.5, 0.6) is 0 Å². The summed E-state index contributed by atoms with van der Waals surface area (Å²) in [5.74, 6) is 1.53. The Balaban J connectivity index is 1.51. The topological polar surface area (TPSA) is 24.5 Å². The van der Waals surface area contributed by atoms with Gasteiger partial charge in [-0.3, -0.25) is 0 Å². The van der Waals surface area contributed by atoms with Crippen molar-refractivity contribution >= 4 is 0 Å². The van der Waals surface area contributed by atoms with Crippen molar-refractivity contribution in [1.82, 2.24) is 10.2 Å². The van der Waals surface area contributed by atoms with E-state index < -0.39 is 0 Å². The third-order valence-electron chi connectivity index (χ3n) is 3.95. The molecule has 0 bridgehead atoms. The fourth-order valence-electron chi connectivity index (χ4n) is 2.97. The molecule has 2 heterocycles. The Labute approximate surface area is 106 Å². The minimum atomic E-state index is 0.753. The molecular weight excluding hydrogens is 212 g/mol. The molecule has 0 radical (unpaired) electrons. The highest BCUT2D eigenvalue weighted by Gasteiger charge is 2.16. The molecule has 3 nitrogen and oxygen atoms in total. The zero-order valence-electron chi connectivity index (χ0n) is 11.3. The van der Waals surface area contributed by atoms with Crippen LogP contribution in [0.3, 0.4) is 0 Å². The van der Waals surface area contributed by atoms with Crippen LogP contribution in [0.2, 0.25) is 0 Å². The van der Waals surface area contributed by atoms with E-state index in [0.29, 0.717) is 0 Å². The van der Waals surface area contributed by atoms with E-state index >= 15 is 0 Å². The SMILES string of the molecule is CC(CNCC1CCCOC1)CN1CCCC1. The Morgan fingerprint density at radius 2 is 2.12 bits per heavy atom. The zero-order chi connectivity index (χ0) is 11.9. The fourth-order valence-corrected chi connectivity index (χ4v) is 2.97. The second-order valence-corrected chi connectivity index (χ2v) is 5.85. The lowest BCUT2D eigenvalue weighted by Crippen LogP contribution is -2.35. The fraction of sp³-hybridized carbons (Fsp3) is 1.00. The third kappa shape index (κ3) is 4.94. The molecule has 2 rings (SSSR count). The van der Waals surface area contributed by atoms with Crippen LogP contribution in [0.15, 0.2) is 0 Å². The van der Waals surface area contributed by atoms with Gasteiger partial charge in [-0.25, -0.2) is 0 Å². The summed E-state index contributed by atoms with van der Waals surface area (Å²) in [5, 5.41) is 3.62. The predicted octanol–water partition coefficient (Wildman–Crippen LogP) is 1.73. The number of likely N-dealkylation sites (tertiary alicyclic amines) is 1. The number of ether oxygens (including phenoxy) is 1. The molecule has 0 aromatic carbocycles. The van der Waals surface area contributed by atoms with Crippen LogP contribution in [0.1, 0.15) is 32.6 Å². The van der Waals surface area contributed by atoms with Gasteiger partial charge in [-0.15, -0.1) is 0 Å². The van der Waals surface area contributed by atoms with Crippen LogP contribution in [0.25, 0.3) is 0 Å². The summed E-state index contributed by atoms with van der Waals surface area (Å²) in [5.41, 5.74) is 0. The van der Waals surface area contributed by atoms with Crippen molar-refractivity contribution in [2.75, 3.05) is 45.9 Å². The van der Waals surface area contributed by atoms with Crippen molar-refractivity contribution in [2.24, 2.45) is 11.8 Å². The largest absolute Gasteiger partial charge is 0.381 e. The molecule has 2 fully saturated rings. The van der Waals surface area contributed by atoms with Crippen molar-refractivity contribution in [3.8, 4) is 0 Å². The van der Waals surface area contributed by atoms with Crippen LogP contribution in [-0.4, -0.2) is 50.8 Å². The van der Waals surface area contributed by atoms with E-state index in [4.69, 9.17) is 4.74 Å². The van der Waals surface area contributed by atoms with Crippen molar-refractivity contribution in [3.63, 3.8) is 0 Å². The van der Waals surface area contributed by atoms with Gasteiger partial charge in [-0.05, 0) is 57.2 Å². The lowest BCUT2D eigenvalue weighted by Gasteiger charge is -2.24. The first-order chi connectivity index (χ1) is 8.34. The molecular formula is C14H28N2O. The molecule has 3 heteroatoms. The molecule has 2 atom stereocenters. The number of nitrogens with zero attached hydrogens (tertiary/aromatic N) is 1. The number of hydrogen-bond donors (Lipinski definition) is 1. The van der Waals surface area contributed by atoms with Gasteiger partial charge in [0.15, 0.2) is 0 Å². The normalized spacial score (nSPS) is 28.4. The van der Waals surface area contributed by atoms with E-state index in [2.05, 4.69) is 17.1 Å². The predicted molar refractivity (Wildman–Crippen MR) is 71.3 cm³/mol. The maximum atomic E-state index is 5.50. The molecule has 100 valence electrons. The molecule has 1 N–H and O–H groups in total. The Morgan fingerprint density at radius 3 is 2.82 bits per heavy atom. The van der Waals surface area contributed by atoms with E-state index in [1.807, 2.05) is 0 Å². The van der Waals surface area contributed by atoms with Crippen molar-refractivity contribution in [2.45, 2.75) is 32.6 Å². The molecule has 0 spiro atoms. The summed E-state index contributed by atoms with van der Waals surface area (Å²) in [7, 11) is 0. The van der Waals surface area contributed by atoms with Crippen molar-refractivity contribution in [3.05, 3.63) is 0 Å². The Morgan fingerprint density at radius 1 is 1.29 bits per heavy atom. The molecule has 0 aromatic heterocycles. The molecule has 2 aliphatic heterocycles. The van der Waals surface area contributed by atoms with Gasteiger partial charge < -0.3 is 15.0 Å². The van der Waals surface area contributed by atoms with Crippen LogP contribution in [-0.2, 0) is 4.74 Å². The van der Waals surface area contributed by atoms with E-state index in [1.54, 1.807) is 0 Å². The minimum Gasteiger partial charge on any atom is -0.381 e. The summed E-state index contributed by atoms with van der Waals surface area (Å²) in [6, 6.07) is 0. The summed E-state index contributed by atoms with van der Waals surface area (Å²) >= 11 is 0. The number of nitrogens with one attached hydrogen (secondary N) is 1. The van der Waals surface area contributed by atoms with Gasteiger partial charge in [0, 0.05) is 19.7 Å². The third-order valence-corrected chi connectivity index (χ3v) is 3.95. The van der Waals surface area contributed by atoms with Gasteiger partial charge >= 0.3 is 0 Å². The summed E-state index contributed by atoms with van der Waals surface area (Å²) in [6.07, 6.45) is 5.39. The second-order valence-electron chi connectivity index (χ2n) is 5.85. The highest BCUT2D eigenvalue weighted by molar-refractivity contribution is 4.71. The Bertz CT molecular complexity index is 198. The van der Waals surface area contributed by atoms with E-state index in [9.17, 15) is 0 Å². The second kappa shape index (κ2) is 7.34. The maximum Gasteiger partial charge on any atom is 0.0506 e. The number of hydrogen-bond acceptors (Lipinski definition) is 3. The number of rotatable bonds is 6. The molecule has 2 unspecified atom stereocenters. The summed E-state index contributed by atoms with van der Waals surface area (Å²) in [4.78, 5) is 2.61. The first-order valence-corrected chi connectivity index (χ1v) is 7.35. The van der Waals surface area contributed by atoms with E-state index in [-0.39, 0.29) is 0 Å². The van der Waals surface area contributed by atoms with Gasteiger partial charge in [0.05, 0.1) is 6.61 Å².